The zero-order valence-electron chi connectivity index (χ0n) is 8.82. The van der Waals surface area contributed by atoms with Gasteiger partial charge in [-0.3, -0.25) is 9.80 Å². The molecule has 82 valence electrons. The number of nitrogens with zero attached hydrogens (tertiary/aromatic N) is 2. The lowest BCUT2D eigenvalue weighted by molar-refractivity contribution is -0.149. The number of amides is 1. The number of carbonyl (C=O) groups is 1. The van der Waals surface area contributed by atoms with Crippen LogP contribution >= 0.6 is 12.6 Å². The Morgan fingerprint density at radius 3 is 2.64 bits per heavy atom. The molecule has 2 N–H and O–H groups in total. The van der Waals surface area contributed by atoms with Gasteiger partial charge in [-0.05, 0) is 6.42 Å². The third kappa shape index (κ3) is 2.60. The van der Waals surface area contributed by atoms with Gasteiger partial charge in [0.15, 0.2) is 0 Å². The second-order valence-corrected chi connectivity index (χ2v) is 4.19. The number of rotatable bonds is 3. The number of hydrogen-bond donors (Lipinski definition) is 3. The quantitative estimate of drug-likeness (QED) is 0.424. The fourth-order valence-electron chi connectivity index (χ4n) is 1.43. The lowest BCUT2D eigenvalue weighted by Gasteiger charge is -2.29. The zero-order chi connectivity index (χ0) is 10.7. The Balaban J connectivity index is 2.48. The summed E-state index contributed by atoms with van der Waals surface area (Å²) < 4.78 is 0. The number of likely N-dealkylation sites (N-methyl/N-ethyl adjacent to an activating group) is 1. The van der Waals surface area contributed by atoms with Crippen LogP contribution in [0.1, 0.15) is 6.42 Å². The van der Waals surface area contributed by atoms with Gasteiger partial charge in [0.05, 0.1) is 6.04 Å². The highest BCUT2D eigenvalue weighted by atomic mass is 32.1. The Labute approximate surface area is 90.2 Å². The molecule has 1 heterocycles. The Morgan fingerprint density at radius 1 is 1.57 bits per heavy atom. The molecule has 0 unspecified atom stereocenters. The largest absolute Gasteiger partial charge is 0.305 e. The average Bonchev–Trinajstić information content (AvgIpc) is 2.61. The molecule has 1 fully saturated rings. The van der Waals surface area contributed by atoms with Crippen LogP contribution in [0.25, 0.3) is 0 Å². The van der Waals surface area contributed by atoms with Crippen molar-refractivity contribution in [2.24, 2.45) is 0 Å². The van der Waals surface area contributed by atoms with Crippen molar-refractivity contribution in [3.05, 3.63) is 0 Å². The highest BCUT2D eigenvalue weighted by Crippen LogP contribution is 2.13. The van der Waals surface area contributed by atoms with E-state index in [0.29, 0.717) is 0 Å². The van der Waals surface area contributed by atoms with Crippen LogP contribution in [0.2, 0.25) is 0 Å². The van der Waals surface area contributed by atoms with Gasteiger partial charge < -0.3 is 5.32 Å². The third-order valence-electron chi connectivity index (χ3n) is 2.50. The Hall–Kier alpha value is -0.300. The molecule has 0 saturated carbocycles. The molecule has 1 aliphatic rings. The van der Waals surface area contributed by atoms with Gasteiger partial charge in [0.1, 0.15) is 0 Å². The maximum atomic E-state index is 11.8. The summed E-state index contributed by atoms with van der Waals surface area (Å²) in [7, 11) is 5.31. The van der Waals surface area contributed by atoms with Crippen molar-refractivity contribution in [1.29, 1.82) is 0 Å². The molecule has 14 heavy (non-hydrogen) atoms. The Morgan fingerprint density at radius 2 is 2.21 bits per heavy atom. The second-order valence-electron chi connectivity index (χ2n) is 3.46. The van der Waals surface area contributed by atoms with E-state index < -0.39 is 0 Å². The summed E-state index contributed by atoms with van der Waals surface area (Å²) in [6.45, 7) is 0.802. The topological polar surface area (TPSA) is 47.6 Å². The van der Waals surface area contributed by atoms with Crippen molar-refractivity contribution in [3.63, 3.8) is 0 Å². The van der Waals surface area contributed by atoms with Crippen LogP contribution in [0.5, 0.6) is 0 Å². The molecule has 0 aromatic carbocycles. The molecule has 0 aliphatic carbocycles. The molecule has 1 saturated heterocycles. The molecule has 0 spiro atoms. The Kier molecular flexibility index (Phi) is 4.18. The van der Waals surface area contributed by atoms with Crippen LogP contribution in [0.15, 0.2) is 0 Å². The minimum absolute atomic E-state index is 0.0680. The maximum absolute atomic E-state index is 11.8. The minimum atomic E-state index is -0.0988. The van der Waals surface area contributed by atoms with E-state index in [4.69, 9.17) is 0 Å². The molecule has 0 aromatic heterocycles. The van der Waals surface area contributed by atoms with Gasteiger partial charge in [-0.25, -0.2) is 5.43 Å². The number of hydrogen-bond acceptors (Lipinski definition) is 5. The van der Waals surface area contributed by atoms with Crippen LogP contribution in [0, 0.1) is 0 Å². The normalized spacial score (nSPS) is 26.9. The van der Waals surface area contributed by atoms with Crippen molar-refractivity contribution >= 4 is 18.5 Å². The smallest absolute Gasteiger partial charge is 0.254 e. The van der Waals surface area contributed by atoms with Crippen LogP contribution in [-0.4, -0.2) is 55.0 Å². The SMILES string of the molecule is CNN(C)N(C)C(=O)[C@@H]1C[C@H](S)CN1. The molecule has 1 aliphatic heterocycles. The van der Waals surface area contributed by atoms with Crippen molar-refractivity contribution in [3.8, 4) is 0 Å². The summed E-state index contributed by atoms with van der Waals surface area (Å²) >= 11 is 4.33. The fraction of sp³-hybridized carbons (Fsp3) is 0.875. The summed E-state index contributed by atoms with van der Waals surface area (Å²) in [5.41, 5.74) is 2.87. The summed E-state index contributed by atoms with van der Waals surface area (Å²) in [5.74, 6) is 0.0680. The van der Waals surface area contributed by atoms with Gasteiger partial charge in [-0.15, -0.1) is 0 Å². The number of carbonyl (C=O) groups excluding carboxylic acids is 1. The van der Waals surface area contributed by atoms with Gasteiger partial charge in [-0.1, -0.05) is 0 Å². The molecule has 0 radical (unpaired) electrons. The molecule has 0 aromatic rings. The van der Waals surface area contributed by atoms with E-state index in [-0.39, 0.29) is 17.2 Å². The van der Waals surface area contributed by atoms with Crippen molar-refractivity contribution in [2.45, 2.75) is 17.7 Å². The lowest BCUT2D eigenvalue weighted by atomic mass is 10.2. The van der Waals surface area contributed by atoms with E-state index in [9.17, 15) is 4.79 Å². The number of nitrogens with one attached hydrogen (secondary N) is 2. The molecular formula is C8H18N4OS. The monoisotopic (exact) mass is 218 g/mol. The van der Waals surface area contributed by atoms with E-state index >= 15 is 0 Å². The van der Waals surface area contributed by atoms with Crippen LogP contribution < -0.4 is 10.7 Å². The van der Waals surface area contributed by atoms with Crippen molar-refractivity contribution in [1.82, 2.24) is 20.9 Å². The fourth-order valence-corrected chi connectivity index (χ4v) is 1.74. The van der Waals surface area contributed by atoms with Gasteiger partial charge in [0, 0.05) is 32.9 Å². The van der Waals surface area contributed by atoms with Crippen molar-refractivity contribution < 1.29 is 4.79 Å². The van der Waals surface area contributed by atoms with E-state index in [0.717, 1.165) is 13.0 Å². The van der Waals surface area contributed by atoms with E-state index in [1.54, 1.807) is 31.3 Å². The summed E-state index contributed by atoms with van der Waals surface area (Å²) in [6.07, 6.45) is 0.795. The predicted molar refractivity (Wildman–Crippen MR) is 58.8 cm³/mol. The van der Waals surface area contributed by atoms with E-state index in [1.807, 2.05) is 0 Å². The van der Waals surface area contributed by atoms with Gasteiger partial charge in [0.2, 0.25) is 0 Å². The van der Waals surface area contributed by atoms with Crippen LogP contribution in [0.4, 0.5) is 0 Å². The minimum Gasteiger partial charge on any atom is -0.305 e. The molecule has 5 nitrogen and oxygen atoms in total. The summed E-state index contributed by atoms with van der Waals surface area (Å²) in [4.78, 5) is 11.8. The highest BCUT2D eigenvalue weighted by molar-refractivity contribution is 7.81. The first kappa shape index (κ1) is 11.8. The third-order valence-corrected chi connectivity index (χ3v) is 2.89. The lowest BCUT2D eigenvalue weighted by Crippen LogP contribution is -2.52. The van der Waals surface area contributed by atoms with Crippen LogP contribution in [0.3, 0.4) is 0 Å². The van der Waals surface area contributed by atoms with Gasteiger partial charge in [0.25, 0.3) is 5.91 Å². The number of hydrazine groups is 2. The summed E-state index contributed by atoms with van der Waals surface area (Å²) in [6, 6.07) is -0.0988. The first-order chi connectivity index (χ1) is 6.56. The first-order valence-electron chi connectivity index (χ1n) is 4.66. The second kappa shape index (κ2) is 4.97. The maximum Gasteiger partial charge on any atom is 0.254 e. The molecular weight excluding hydrogens is 200 g/mol. The van der Waals surface area contributed by atoms with Crippen LogP contribution in [-0.2, 0) is 4.79 Å². The number of thiol groups is 1. The Bertz CT molecular complexity index is 210. The standard InChI is InChI=1S/C8H18N4OS/c1-9-12(3)11(2)8(13)7-4-6(14)5-10-7/h6-7,9-10,14H,4-5H2,1-3H3/t6-,7-/m0/s1. The molecule has 6 heteroatoms. The van der Waals surface area contributed by atoms with Gasteiger partial charge in [-0.2, -0.15) is 17.7 Å². The summed E-state index contributed by atoms with van der Waals surface area (Å²) in [5, 5.41) is 6.64. The zero-order valence-corrected chi connectivity index (χ0v) is 9.71. The molecule has 1 amide bonds. The molecule has 0 bridgehead atoms. The first-order valence-corrected chi connectivity index (χ1v) is 5.18. The van der Waals surface area contributed by atoms with E-state index in [1.165, 1.54) is 0 Å². The molecule has 2 atom stereocenters. The highest BCUT2D eigenvalue weighted by Gasteiger charge is 2.30. The predicted octanol–water partition coefficient (Wildman–Crippen LogP) is -0.914. The van der Waals surface area contributed by atoms with Gasteiger partial charge >= 0.3 is 0 Å². The molecule has 1 rings (SSSR count). The van der Waals surface area contributed by atoms with Crippen molar-refractivity contribution in [2.75, 3.05) is 27.7 Å². The van der Waals surface area contributed by atoms with E-state index in [2.05, 4.69) is 23.4 Å². The average molecular weight is 218 g/mol.